The summed E-state index contributed by atoms with van der Waals surface area (Å²) < 4.78 is 7.17. The van der Waals surface area contributed by atoms with Crippen LogP contribution in [0, 0.1) is 18.3 Å². The van der Waals surface area contributed by atoms with Crippen LogP contribution in [0.15, 0.2) is 110 Å². The highest BCUT2D eigenvalue weighted by Gasteiger charge is 2.30. The highest BCUT2D eigenvalue weighted by atomic mass is 16.3. The lowest BCUT2D eigenvalue weighted by Gasteiger charge is -2.22. The zero-order chi connectivity index (χ0) is 64.6. The summed E-state index contributed by atoms with van der Waals surface area (Å²) in [4.78, 5) is 112. The molecule has 17 N–H and O–H groups in total. The molecule has 1 aliphatic heterocycles. The fourth-order valence-corrected chi connectivity index (χ4v) is 10.0. The average Bonchev–Trinajstić information content (AvgIpc) is 1.73. The predicted octanol–water partition coefficient (Wildman–Crippen LogP) is 3.64. The first-order valence-electron chi connectivity index (χ1n) is 28.8. The molecule has 2 atom stereocenters. The van der Waals surface area contributed by atoms with Gasteiger partial charge in [0, 0.05) is 45.0 Å². The lowest BCUT2D eigenvalue weighted by molar-refractivity contribution is 0.139. The number of aliphatic hydroxyl groups excluding tert-OH is 1. The van der Waals surface area contributed by atoms with Gasteiger partial charge in [-0.15, -0.1) is 0 Å². The van der Waals surface area contributed by atoms with E-state index in [4.69, 9.17) is 28.7 Å². The maximum absolute atomic E-state index is 11.8. The van der Waals surface area contributed by atoms with Gasteiger partial charge < -0.3 is 57.0 Å². The van der Waals surface area contributed by atoms with Crippen LogP contribution in [-0.4, -0.2) is 122 Å². The minimum Gasteiger partial charge on any atom is -0.391 e. The first kappa shape index (κ1) is 63.4. The second-order valence-electron chi connectivity index (χ2n) is 22.3. The van der Waals surface area contributed by atoms with E-state index in [1.807, 2.05) is 88.2 Å². The number of hydrogen-bond donors (Lipinski definition) is 12. The second-order valence-corrected chi connectivity index (χ2v) is 22.3. The number of benzene rings is 2. The maximum Gasteiger partial charge on any atom is 0.280 e. The van der Waals surface area contributed by atoms with Gasteiger partial charge in [0.25, 0.3) is 27.8 Å². The molecule has 31 heteroatoms. The van der Waals surface area contributed by atoms with Gasteiger partial charge in [-0.2, -0.15) is 19.9 Å². The molecule has 0 saturated carbocycles. The average molecular weight is 1230 g/mol. The number of aryl methyl sites for hydroxylation is 3. The lowest BCUT2D eigenvalue weighted by Crippen LogP contribution is -2.21. The predicted molar refractivity (Wildman–Crippen MR) is 347 cm³/mol. The first-order chi connectivity index (χ1) is 43.0. The van der Waals surface area contributed by atoms with Gasteiger partial charge in [0.15, 0.2) is 44.7 Å². The Morgan fingerprint density at radius 1 is 0.578 bits per heavy atom. The number of rotatable bonds is 12. The van der Waals surface area contributed by atoms with Gasteiger partial charge >= 0.3 is 0 Å². The zero-order valence-corrected chi connectivity index (χ0v) is 50.8. The van der Waals surface area contributed by atoms with Crippen LogP contribution in [-0.2, 0) is 33.2 Å². The van der Waals surface area contributed by atoms with E-state index in [9.17, 15) is 29.1 Å². The number of aliphatic hydroxyl groups is 1. The molecule has 31 nitrogen and oxygen atoms in total. The van der Waals surface area contributed by atoms with Gasteiger partial charge in [0.05, 0.1) is 44.5 Å². The van der Waals surface area contributed by atoms with Gasteiger partial charge in [-0.05, 0) is 60.3 Å². The largest absolute Gasteiger partial charge is 0.391 e. The number of allylic oxidation sites excluding steroid dienone is 1. The van der Waals surface area contributed by atoms with E-state index < -0.39 is 0 Å². The van der Waals surface area contributed by atoms with E-state index in [-0.39, 0.29) is 69.1 Å². The molecule has 0 bridgehead atoms. The number of anilines is 5. The van der Waals surface area contributed by atoms with Crippen molar-refractivity contribution in [3.05, 3.63) is 166 Å². The zero-order valence-electron chi connectivity index (χ0n) is 50.8. The number of imidazole rings is 4. The molecule has 0 aliphatic carbocycles. The van der Waals surface area contributed by atoms with Crippen molar-refractivity contribution in [2.75, 3.05) is 41.8 Å². The van der Waals surface area contributed by atoms with Crippen molar-refractivity contribution in [1.82, 2.24) is 97.9 Å². The van der Waals surface area contributed by atoms with Crippen LogP contribution in [0.4, 0.5) is 29.7 Å². The number of aromatic nitrogens is 19. The number of β-amino-alcohol motifs (C(OH)–C–C–N with tert-alkyl or cyclic N) is 1. The summed E-state index contributed by atoms with van der Waals surface area (Å²) >= 11 is 0. The number of likely N-dealkylation sites (tertiary alicyclic amines) is 1. The summed E-state index contributed by atoms with van der Waals surface area (Å²) in [5.74, 6) is 0.873. The summed E-state index contributed by atoms with van der Waals surface area (Å²) in [7, 11) is 1.75. The smallest absolute Gasteiger partial charge is 0.280 e. The van der Waals surface area contributed by atoms with Crippen LogP contribution < -0.4 is 56.5 Å². The second kappa shape index (κ2) is 27.3. The van der Waals surface area contributed by atoms with Crippen molar-refractivity contribution in [3.63, 3.8) is 0 Å². The fraction of sp³-hybridized carbons (Fsp3) is 0.322. The molecule has 1 saturated heterocycles. The molecule has 0 radical (unpaired) electrons. The SMILES string of the molecule is C/C=C/c1ccccc1Cn1cnc2c(=O)[nH]c(N)nc21.CCC(C)(C)CCn1cnc2c(=O)[nH]c(N)nc21.CCC1CN(Cc2c[nH]c3c(=O)[nH]c(N)nc23)CC1O.Cc1ccccc1Cn1cnc2c(=O)[nH]c(N)nc21.Cn1cnc2c(=O)[nH]c(N)nc21. The minimum atomic E-state index is -0.321. The van der Waals surface area contributed by atoms with Crippen LogP contribution in [0.25, 0.3) is 61.8 Å². The number of nitrogens with two attached hydrogens (primary N) is 5. The Bertz CT molecular complexity index is 4840. The molecule has 2 unspecified atom stereocenters. The van der Waals surface area contributed by atoms with Gasteiger partial charge in [0.1, 0.15) is 11.0 Å². The summed E-state index contributed by atoms with van der Waals surface area (Å²) in [5.41, 5.74) is 36.3. The number of nitrogen functional groups attached to an aromatic ring is 5. The highest BCUT2D eigenvalue weighted by Crippen LogP contribution is 2.27. The van der Waals surface area contributed by atoms with Crippen molar-refractivity contribution in [1.29, 1.82) is 0 Å². The number of nitrogens with zero attached hydrogens (tertiary/aromatic N) is 14. The molecule has 2 aromatic carbocycles. The molecule has 12 aromatic rings. The van der Waals surface area contributed by atoms with Gasteiger partial charge in [0.2, 0.25) is 29.7 Å². The van der Waals surface area contributed by atoms with E-state index in [1.165, 1.54) is 11.9 Å². The van der Waals surface area contributed by atoms with Crippen molar-refractivity contribution in [3.8, 4) is 0 Å². The third-order valence-corrected chi connectivity index (χ3v) is 15.4. The standard InChI is InChI=1S/C15H15N5O.C13H19N5O2.C13H13N5O.C12H19N5O.C6H7N5O/c1-2-5-10-6-3-4-7-11(10)8-20-9-17-12-13(20)18-15(16)19-14(12)21;1-2-7-4-18(6-9(7)19)5-8-3-15-11-10(8)16-13(14)17-12(11)20;1-8-4-2-3-5-9(8)6-18-7-15-10-11(18)16-13(14)17-12(10)19;1-4-12(2,3)5-6-17-7-14-8-9(17)15-11(13)16-10(8)18;1-11-2-8-3-4(11)9-6(7)10-5(3)12/h2-7,9H,8H2,1H3,(H3,16,18,19,21);3,7,9,15,19H,2,4-6H2,1H3,(H3,14,16,17,20);2-5,7H,6H2,1H3,(H3,14,16,17,19);7H,4-6H2,1-3H3,(H3,13,15,16,18);2H,1H3,(H3,7,9,10,12)/b5-2+;;;;. The summed E-state index contributed by atoms with van der Waals surface area (Å²) in [6, 6.07) is 16.1. The molecule has 90 heavy (non-hydrogen) atoms. The van der Waals surface area contributed by atoms with E-state index in [0.717, 1.165) is 54.6 Å². The van der Waals surface area contributed by atoms with Crippen LogP contribution >= 0.6 is 0 Å². The molecule has 11 heterocycles. The number of H-pyrrole nitrogens is 6. The van der Waals surface area contributed by atoms with Crippen molar-refractivity contribution in [2.45, 2.75) is 93.1 Å². The van der Waals surface area contributed by atoms with Crippen molar-refractivity contribution >= 4 is 91.5 Å². The quantitative estimate of drug-likeness (QED) is 0.0830. The van der Waals surface area contributed by atoms with Crippen molar-refractivity contribution < 1.29 is 5.11 Å². The lowest BCUT2D eigenvalue weighted by atomic mass is 9.86. The molecular weight excluding hydrogens is 1150 g/mol. The number of fused-ring (bicyclic) bond motifs is 5. The number of hydrogen-bond acceptors (Lipinski definition) is 21. The van der Waals surface area contributed by atoms with E-state index in [2.05, 4.69) is 107 Å². The van der Waals surface area contributed by atoms with Gasteiger partial charge in [-0.3, -0.25) is 53.8 Å². The van der Waals surface area contributed by atoms with Gasteiger partial charge in [-0.1, -0.05) is 94.8 Å². The van der Waals surface area contributed by atoms with E-state index >= 15 is 0 Å². The third-order valence-electron chi connectivity index (χ3n) is 15.4. The van der Waals surface area contributed by atoms with Crippen LogP contribution in [0.3, 0.4) is 0 Å². The molecular formula is C59H73N25O6. The Labute approximate surface area is 511 Å². The highest BCUT2D eigenvalue weighted by molar-refractivity contribution is 5.79. The van der Waals surface area contributed by atoms with Crippen LogP contribution in [0.2, 0.25) is 0 Å². The Morgan fingerprint density at radius 3 is 1.58 bits per heavy atom. The molecule has 13 rings (SSSR count). The Kier molecular flexibility index (Phi) is 19.2. The Balaban J connectivity index is 0.000000135. The molecule has 10 aromatic heterocycles. The monoisotopic (exact) mass is 1230 g/mol. The minimum absolute atomic E-state index is 0.0935. The first-order valence-corrected chi connectivity index (χ1v) is 28.8. The Hall–Kier alpha value is -11.1. The molecule has 0 spiro atoms. The number of aromatic amines is 6. The fourth-order valence-electron chi connectivity index (χ4n) is 10.0. The summed E-state index contributed by atoms with van der Waals surface area (Å²) in [5, 5.41) is 9.95. The topological polar surface area (TPSA) is 469 Å². The van der Waals surface area contributed by atoms with E-state index in [0.29, 0.717) is 87.8 Å². The van der Waals surface area contributed by atoms with Crippen LogP contribution in [0.5, 0.6) is 0 Å². The maximum atomic E-state index is 11.8. The van der Waals surface area contributed by atoms with E-state index in [1.54, 1.807) is 36.8 Å². The van der Waals surface area contributed by atoms with Crippen LogP contribution in [0.1, 0.15) is 81.7 Å². The summed E-state index contributed by atoms with van der Waals surface area (Å²) in [6.45, 7) is 16.9. The van der Waals surface area contributed by atoms with Gasteiger partial charge in [-0.25, -0.2) is 24.9 Å². The molecule has 470 valence electrons. The number of nitrogens with one attached hydrogen (secondary N) is 6. The third kappa shape index (κ3) is 14.7. The molecule has 1 fully saturated rings. The molecule has 1 aliphatic rings. The Morgan fingerprint density at radius 2 is 1.04 bits per heavy atom. The van der Waals surface area contributed by atoms with Crippen molar-refractivity contribution in [2.24, 2.45) is 18.4 Å². The molecule has 0 amide bonds. The normalized spacial score (nSPS) is 14.1. The summed E-state index contributed by atoms with van der Waals surface area (Å²) in [6.07, 6.45) is 15.0.